The number of phenols is 3. The number of aryl methyl sites for hydroxylation is 2. The highest BCUT2D eigenvalue weighted by Gasteiger charge is 2.56. The number of Topliss-reactive ketones (excluding diaryl/α,β-unsaturated/α-hetero) is 1. The minimum atomic E-state index is -1.95. The Labute approximate surface area is 201 Å². The number of aliphatic hydroxyl groups is 1. The van der Waals surface area contributed by atoms with Crippen LogP contribution in [0.5, 0.6) is 28.7 Å². The van der Waals surface area contributed by atoms with Crippen LogP contribution in [0, 0.1) is 6.92 Å². The molecular weight excluding hydrogens is 476 g/mol. The Morgan fingerprint density at radius 2 is 1.72 bits per heavy atom. The van der Waals surface area contributed by atoms with Crippen LogP contribution in [0.4, 0.5) is 0 Å². The van der Waals surface area contributed by atoms with E-state index in [1.54, 1.807) is 19.1 Å². The molecule has 4 N–H and O–H groups in total. The SMILES string of the molecule is COC1=CC(=O)c2c(O)c3c(c(O)c2C1=O)O[C@]1(CCc2cc4cc(C)oc(=O)c4c(O)c2O1)[C@@H]3O. The fraction of sp³-hybridized carbons (Fsp3) is 0.240. The fourth-order valence-corrected chi connectivity index (χ4v) is 5.12. The van der Waals surface area contributed by atoms with Crippen LogP contribution in [-0.2, 0) is 11.2 Å². The smallest absolute Gasteiger partial charge is 0.347 e. The third-order valence-electron chi connectivity index (χ3n) is 6.78. The molecule has 184 valence electrons. The Hall–Kier alpha value is -4.51. The molecule has 3 aliphatic rings. The summed E-state index contributed by atoms with van der Waals surface area (Å²) in [7, 11) is 1.17. The second-order valence-electron chi connectivity index (χ2n) is 8.84. The normalized spacial score (nSPS) is 22.0. The van der Waals surface area contributed by atoms with Gasteiger partial charge >= 0.3 is 5.63 Å². The molecule has 0 fully saturated rings. The summed E-state index contributed by atoms with van der Waals surface area (Å²) in [4.78, 5) is 37.8. The number of carbonyl (C=O) groups is 2. The van der Waals surface area contributed by atoms with Crippen LogP contribution in [-0.4, -0.2) is 44.9 Å². The number of benzene rings is 2. The van der Waals surface area contributed by atoms with Gasteiger partial charge in [-0.1, -0.05) is 0 Å². The maximum Gasteiger partial charge on any atom is 0.347 e. The molecule has 2 atom stereocenters. The first-order valence-electron chi connectivity index (χ1n) is 10.9. The molecule has 2 aromatic carbocycles. The van der Waals surface area contributed by atoms with Crippen molar-refractivity contribution in [3.05, 3.63) is 62.4 Å². The Kier molecular flexibility index (Phi) is 4.28. The lowest BCUT2D eigenvalue weighted by molar-refractivity contribution is -0.180. The second kappa shape index (κ2) is 7.01. The Morgan fingerprint density at radius 3 is 2.44 bits per heavy atom. The van der Waals surface area contributed by atoms with Gasteiger partial charge in [-0.25, -0.2) is 4.79 Å². The fourth-order valence-electron chi connectivity index (χ4n) is 5.12. The summed E-state index contributed by atoms with van der Waals surface area (Å²) in [6.45, 7) is 1.60. The number of hydrogen-bond acceptors (Lipinski definition) is 11. The number of ether oxygens (including phenoxy) is 3. The van der Waals surface area contributed by atoms with Gasteiger partial charge in [0.05, 0.1) is 23.8 Å². The molecule has 11 heteroatoms. The molecule has 36 heavy (non-hydrogen) atoms. The van der Waals surface area contributed by atoms with Crippen molar-refractivity contribution in [2.45, 2.75) is 31.7 Å². The Balaban J connectivity index is 1.50. The summed E-state index contributed by atoms with van der Waals surface area (Å²) in [6, 6.07) is 3.24. The van der Waals surface area contributed by atoms with E-state index in [2.05, 4.69) is 0 Å². The molecule has 0 bridgehead atoms. The van der Waals surface area contributed by atoms with Crippen LogP contribution in [0.1, 0.15) is 50.1 Å². The minimum absolute atomic E-state index is 0.00573. The zero-order valence-corrected chi connectivity index (χ0v) is 18.9. The van der Waals surface area contributed by atoms with Crippen LogP contribution >= 0.6 is 0 Å². The summed E-state index contributed by atoms with van der Waals surface area (Å²) < 4.78 is 21.8. The van der Waals surface area contributed by atoms with Crippen LogP contribution in [0.25, 0.3) is 10.8 Å². The number of hydrogen-bond donors (Lipinski definition) is 4. The van der Waals surface area contributed by atoms with Crippen molar-refractivity contribution in [3.63, 3.8) is 0 Å². The Bertz CT molecular complexity index is 1640. The van der Waals surface area contributed by atoms with E-state index in [-0.39, 0.29) is 35.3 Å². The van der Waals surface area contributed by atoms with Crippen LogP contribution < -0.4 is 15.1 Å². The lowest BCUT2D eigenvalue weighted by Crippen LogP contribution is -2.47. The molecule has 0 saturated heterocycles. The van der Waals surface area contributed by atoms with Crippen molar-refractivity contribution >= 4 is 22.3 Å². The highest BCUT2D eigenvalue weighted by atomic mass is 16.7. The van der Waals surface area contributed by atoms with Gasteiger partial charge in [-0.2, -0.15) is 0 Å². The van der Waals surface area contributed by atoms with Gasteiger partial charge in [-0.05, 0) is 36.4 Å². The molecule has 0 radical (unpaired) electrons. The predicted octanol–water partition coefficient (Wildman–Crippen LogP) is 2.27. The summed E-state index contributed by atoms with van der Waals surface area (Å²) >= 11 is 0. The quantitative estimate of drug-likeness (QED) is 0.366. The van der Waals surface area contributed by atoms with Crippen molar-refractivity contribution in [2.75, 3.05) is 7.11 Å². The molecule has 0 saturated carbocycles. The number of methoxy groups -OCH3 is 1. The van der Waals surface area contributed by atoms with Crippen LogP contribution in [0.15, 0.2) is 33.2 Å². The average Bonchev–Trinajstić information content (AvgIpc) is 3.11. The largest absolute Gasteiger partial charge is 0.507 e. The molecule has 3 aromatic rings. The summed E-state index contributed by atoms with van der Waals surface area (Å²) in [6.07, 6.45) is -0.666. The molecule has 0 unspecified atom stereocenters. The molecule has 6 rings (SSSR count). The summed E-state index contributed by atoms with van der Waals surface area (Å²) in [5.41, 5.74) is -1.64. The van der Waals surface area contributed by atoms with E-state index in [0.717, 1.165) is 6.08 Å². The van der Waals surface area contributed by atoms with E-state index in [0.29, 0.717) is 16.7 Å². The van der Waals surface area contributed by atoms with Crippen molar-refractivity contribution in [1.29, 1.82) is 0 Å². The van der Waals surface area contributed by atoms with Gasteiger partial charge in [0.1, 0.15) is 16.9 Å². The molecule has 0 amide bonds. The van der Waals surface area contributed by atoms with Crippen molar-refractivity contribution in [2.24, 2.45) is 0 Å². The molecule has 2 aliphatic heterocycles. The highest BCUT2D eigenvalue weighted by Crippen LogP contribution is 2.59. The maximum atomic E-state index is 12.8. The number of allylic oxidation sites excluding steroid dienone is 2. The van der Waals surface area contributed by atoms with E-state index < -0.39 is 63.2 Å². The van der Waals surface area contributed by atoms with Crippen molar-refractivity contribution in [3.8, 4) is 28.7 Å². The maximum absolute atomic E-state index is 12.8. The summed E-state index contributed by atoms with van der Waals surface area (Å²) in [5.74, 6) is -6.24. The van der Waals surface area contributed by atoms with E-state index in [1.807, 2.05) is 0 Å². The van der Waals surface area contributed by atoms with Crippen molar-refractivity contribution < 1.29 is 48.6 Å². The molecule has 11 nitrogen and oxygen atoms in total. The first-order valence-corrected chi connectivity index (χ1v) is 10.9. The standard InChI is InChI=1S/C25H18O11/c1-8-5-10-6-9-3-4-25(35-21(9)19(29)13(10)24(32)34-8)23(31)16-18(28)14-11(26)7-12(33-2)17(27)15(14)20(30)22(16)36-25/h5-7,23,28-31H,3-4H2,1-2H3/t23-,25-/m1/s1. The van der Waals surface area contributed by atoms with Crippen LogP contribution in [0.2, 0.25) is 0 Å². The highest BCUT2D eigenvalue weighted by molar-refractivity contribution is 6.26. The lowest BCUT2D eigenvalue weighted by Gasteiger charge is -2.37. The number of rotatable bonds is 1. The first kappa shape index (κ1) is 22.0. The van der Waals surface area contributed by atoms with E-state index in [1.165, 1.54) is 7.11 Å². The molecule has 1 aliphatic carbocycles. The zero-order chi connectivity index (χ0) is 25.7. The molecule has 3 heterocycles. The predicted molar refractivity (Wildman–Crippen MR) is 120 cm³/mol. The minimum Gasteiger partial charge on any atom is -0.507 e. The number of carbonyl (C=O) groups excluding carboxylic acids is 2. The number of ketones is 2. The van der Waals surface area contributed by atoms with Gasteiger partial charge in [-0.3, -0.25) is 9.59 Å². The summed E-state index contributed by atoms with van der Waals surface area (Å²) in [5, 5.41) is 44.2. The van der Waals surface area contributed by atoms with Crippen LogP contribution in [0.3, 0.4) is 0 Å². The third kappa shape index (κ3) is 2.63. The van der Waals surface area contributed by atoms with Gasteiger partial charge in [0.2, 0.25) is 5.78 Å². The molecule has 1 spiro atoms. The van der Waals surface area contributed by atoms with Gasteiger partial charge in [0.15, 0.2) is 40.6 Å². The third-order valence-corrected chi connectivity index (χ3v) is 6.78. The molecular formula is C25H18O11. The molecule has 1 aromatic heterocycles. The number of aromatic hydroxyl groups is 3. The Morgan fingerprint density at radius 1 is 1.00 bits per heavy atom. The first-order chi connectivity index (χ1) is 17.1. The topological polar surface area (TPSA) is 173 Å². The lowest BCUT2D eigenvalue weighted by atomic mass is 9.86. The monoisotopic (exact) mass is 494 g/mol. The van der Waals surface area contributed by atoms with E-state index in [9.17, 15) is 34.8 Å². The van der Waals surface area contributed by atoms with Crippen molar-refractivity contribution in [1.82, 2.24) is 0 Å². The van der Waals surface area contributed by atoms with Gasteiger partial charge in [0.25, 0.3) is 5.79 Å². The number of phenolic OH excluding ortho intramolecular Hbond substituents is 3. The van der Waals surface area contributed by atoms with Gasteiger partial charge in [-0.15, -0.1) is 0 Å². The second-order valence-corrected chi connectivity index (χ2v) is 8.84. The zero-order valence-electron chi connectivity index (χ0n) is 18.9. The number of fused-ring (bicyclic) bond motifs is 4. The van der Waals surface area contributed by atoms with E-state index in [4.69, 9.17) is 18.6 Å². The number of aliphatic hydroxyl groups excluding tert-OH is 1. The van der Waals surface area contributed by atoms with Gasteiger partial charge < -0.3 is 39.1 Å². The van der Waals surface area contributed by atoms with E-state index >= 15 is 0 Å². The van der Waals surface area contributed by atoms with Gasteiger partial charge in [0, 0.05) is 12.5 Å². The average molecular weight is 494 g/mol.